The summed E-state index contributed by atoms with van der Waals surface area (Å²) in [5.74, 6) is 2.51. The van der Waals surface area contributed by atoms with Crippen LogP contribution in [0.25, 0.3) is 33.8 Å². The van der Waals surface area contributed by atoms with Crippen molar-refractivity contribution in [3.05, 3.63) is 84.6 Å². The molecule has 0 unspecified atom stereocenters. The summed E-state index contributed by atoms with van der Waals surface area (Å²) >= 11 is 0. The Morgan fingerprint density at radius 2 is 1.73 bits per heavy atom. The summed E-state index contributed by atoms with van der Waals surface area (Å²) in [4.78, 5) is 15.2. The van der Waals surface area contributed by atoms with Crippen molar-refractivity contribution in [2.45, 2.75) is 6.61 Å². The molecule has 2 heterocycles. The molecule has 5 aromatic rings. The van der Waals surface area contributed by atoms with Crippen LogP contribution >= 0.6 is 0 Å². The number of carbonyl (C=O) groups is 1. The summed E-state index contributed by atoms with van der Waals surface area (Å²) in [5, 5.41) is 6.16. The fourth-order valence-corrected chi connectivity index (χ4v) is 3.34. The van der Waals surface area contributed by atoms with Crippen LogP contribution in [-0.4, -0.2) is 22.7 Å². The molecule has 1 amide bonds. The number of benzene rings is 3. The quantitative estimate of drug-likeness (QED) is 0.374. The van der Waals surface area contributed by atoms with Gasteiger partial charge in [0.25, 0.3) is 11.8 Å². The van der Waals surface area contributed by atoms with Crippen molar-refractivity contribution < 1.29 is 23.2 Å². The molecule has 0 saturated heterocycles. The van der Waals surface area contributed by atoms with E-state index in [4.69, 9.17) is 24.1 Å². The number of amides is 1. The number of ether oxygens (including phenoxy) is 2. The Bertz CT molecular complexity index is 1400. The minimum atomic E-state index is -0.540. The van der Waals surface area contributed by atoms with E-state index in [0.29, 0.717) is 23.1 Å². The first-order valence-electron chi connectivity index (χ1n) is 10.2. The maximum atomic E-state index is 10.8. The minimum Gasteiger partial charge on any atom is -0.485 e. The van der Waals surface area contributed by atoms with E-state index in [1.54, 1.807) is 30.3 Å². The van der Waals surface area contributed by atoms with Crippen molar-refractivity contribution in [1.29, 1.82) is 0 Å². The number of primary amides is 1. The molecule has 164 valence electrons. The number of hydrogen-bond donors (Lipinski definition) is 1. The summed E-state index contributed by atoms with van der Waals surface area (Å²) in [6, 6.07) is 24.5. The Morgan fingerprint density at radius 1 is 0.909 bits per heavy atom. The second kappa shape index (κ2) is 8.88. The molecule has 0 saturated carbocycles. The van der Waals surface area contributed by atoms with E-state index in [9.17, 15) is 4.79 Å². The van der Waals surface area contributed by atoms with Crippen LogP contribution in [0.1, 0.15) is 5.76 Å². The van der Waals surface area contributed by atoms with Gasteiger partial charge in [0.2, 0.25) is 5.82 Å². The number of rotatable bonds is 8. The van der Waals surface area contributed by atoms with Crippen LogP contribution in [0.5, 0.6) is 11.5 Å². The Hall–Kier alpha value is -4.59. The van der Waals surface area contributed by atoms with Gasteiger partial charge < -0.3 is 24.1 Å². The molecular formula is C25H19N3O5. The fourth-order valence-electron chi connectivity index (χ4n) is 3.34. The monoisotopic (exact) mass is 441 g/mol. The molecule has 0 aliphatic heterocycles. The van der Waals surface area contributed by atoms with Gasteiger partial charge in [0.15, 0.2) is 12.4 Å². The topological polar surface area (TPSA) is 114 Å². The summed E-state index contributed by atoms with van der Waals surface area (Å²) in [7, 11) is 0. The predicted octanol–water partition coefficient (Wildman–Crippen LogP) is 4.59. The van der Waals surface area contributed by atoms with E-state index < -0.39 is 5.91 Å². The SMILES string of the molecule is NC(=O)COc1ccc(-c2noc(-c3ccc(COc4cccc5ccccc45)o3)n2)cc1. The number of furan rings is 1. The highest BCUT2D eigenvalue weighted by Crippen LogP contribution is 2.28. The van der Waals surface area contributed by atoms with Gasteiger partial charge in [-0.05, 0) is 47.9 Å². The van der Waals surface area contributed by atoms with Crippen LogP contribution < -0.4 is 15.2 Å². The molecular weight excluding hydrogens is 422 g/mol. The van der Waals surface area contributed by atoms with Crippen molar-refractivity contribution in [2.24, 2.45) is 5.73 Å². The van der Waals surface area contributed by atoms with Crippen LogP contribution in [0.2, 0.25) is 0 Å². The van der Waals surface area contributed by atoms with Gasteiger partial charge in [0.1, 0.15) is 23.9 Å². The zero-order chi connectivity index (χ0) is 22.6. The number of nitrogens with zero attached hydrogens (tertiary/aromatic N) is 2. The molecule has 33 heavy (non-hydrogen) atoms. The second-order valence-electron chi connectivity index (χ2n) is 7.23. The zero-order valence-electron chi connectivity index (χ0n) is 17.4. The Morgan fingerprint density at radius 3 is 2.58 bits per heavy atom. The van der Waals surface area contributed by atoms with Gasteiger partial charge in [-0.3, -0.25) is 4.79 Å². The summed E-state index contributed by atoms with van der Waals surface area (Å²) in [5.41, 5.74) is 5.80. The van der Waals surface area contributed by atoms with Gasteiger partial charge in [-0.1, -0.05) is 41.6 Å². The molecule has 0 atom stereocenters. The first-order valence-corrected chi connectivity index (χ1v) is 10.2. The normalized spacial score (nSPS) is 10.9. The Balaban J connectivity index is 1.26. The molecule has 2 aromatic heterocycles. The van der Waals surface area contributed by atoms with Crippen molar-refractivity contribution in [3.63, 3.8) is 0 Å². The van der Waals surface area contributed by atoms with Gasteiger partial charge in [-0.25, -0.2) is 0 Å². The van der Waals surface area contributed by atoms with E-state index >= 15 is 0 Å². The molecule has 3 aromatic carbocycles. The van der Waals surface area contributed by atoms with Gasteiger partial charge in [0.05, 0.1) is 0 Å². The molecule has 2 N–H and O–H groups in total. The summed E-state index contributed by atoms with van der Waals surface area (Å²) in [6.07, 6.45) is 0. The van der Waals surface area contributed by atoms with E-state index in [1.807, 2.05) is 48.5 Å². The van der Waals surface area contributed by atoms with E-state index in [0.717, 1.165) is 22.1 Å². The standard InChI is InChI=1S/C25H19N3O5/c26-23(29)15-30-18-10-8-17(9-11-18)24-27-25(33-28-24)22-13-12-19(32-22)14-31-21-7-3-5-16-4-1-2-6-20(16)21/h1-13H,14-15H2,(H2,26,29). The van der Waals surface area contributed by atoms with E-state index in [2.05, 4.69) is 10.1 Å². The van der Waals surface area contributed by atoms with Crippen molar-refractivity contribution in [1.82, 2.24) is 10.1 Å². The highest BCUT2D eigenvalue weighted by Gasteiger charge is 2.15. The lowest BCUT2D eigenvalue weighted by atomic mass is 10.1. The average molecular weight is 441 g/mol. The molecule has 8 nitrogen and oxygen atoms in total. The number of fused-ring (bicyclic) bond motifs is 1. The number of hydrogen-bond acceptors (Lipinski definition) is 7. The minimum absolute atomic E-state index is 0.184. The van der Waals surface area contributed by atoms with Crippen LogP contribution in [0.4, 0.5) is 0 Å². The number of aromatic nitrogens is 2. The number of nitrogens with two attached hydrogens (primary N) is 1. The van der Waals surface area contributed by atoms with Crippen molar-refractivity contribution in [2.75, 3.05) is 6.61 Å². The third kappa shape index (κ3) is 4.54. The van der Waals surface area contributed by atoms with E-state index in [-0.39, 0.29) is 19.1 Å². The van der Waals surface area contributed by atoms with E-state index in [1.165, 1.54) is 0 Å². The van der Waals surface area contributed by atoms with Gasteiger partial charge in [-0.2, -0.15) is 4.98 Å². The highest BCUT2D eigenvalue weighted by atomic mass is 16.5. The van der Waals surface area contributed by atoms with Gasteiger partial charge in [0, 0.05) is 10.9 Å². The smallest absolute Gasteiger partial charge is 0.293 e. The molecule has 0 radical (unpaired) electrons. The molecule has 5 rings (SSSR count). The van der Waals surface area contributed by atoms with Gasteiger partial charge in [-0.15, -0.1) is 0 Å². The summed E-state index contributed by atoms with van der Waals surface area (Å²) in [6.45, 7) is 0.0819. The van der Waals surface area contributed by atoms with Crippen LogP contribution in [-0.2, 0) is 11.4 Å². The van der Waals surface area contributed by atoms with Crippen LogP contribution in [0, 0.1) is 0 Å². The largest absolute Gasteiger partial charge is 0.485 e. The Labute approximate surface area is 188 Å². The average Bonchev–Trinajstić information content (AvgIpc) is 3.52. The molecule has 8 heteroatoms. The first kappa shape index (κ1) is 20.3. The van der Waals surface area contributed by atoms with Gasteiger partial charge >= 0.3 is 0 Å². The lowest BCUT2D eigenvalue weighted by Crippen LogP contribution is -2.19. The molecule has 0 aliphatic rings. The zero-order valence-corrected chi connectivity index (χ0v) is 17.4. The lowest BCUT2D eigenvalue weighted by Gasteiger charge is -2.07. The van der Waals surface area contributed by atoms with Crippen molar-refractivity contribution in [3.8, 4) is 34.5 Å². The maximum absolute atomic E-state index is 10.8. The third-order valence-corrected chi connectivity index (χ3v) is 4.91. The lowest BCUT2D eigenvalue weighted by molar-refractivity contribution is -0.119. The second-order valence-corrected chi connectivity index (χ2v) is 7.23. The van der Waals surface area contributed by atoms with Crippen LogP contribution in [0.15, 0.2) is 87.8 Å². The number of carbonyl (C=O) groups excluding carboxylic acids is 1. The maximum Gasteiger partial charge on any atom is 0.293 e. The predicted molar refractivity (Wildman–Crippen MR) is 120 cm³/mol. The molecule has 0 spiro atoms. The summed E-state index contributed by atoms with van der Waals surface area (Å²) < 4.78 is 22.4. The molecule has 0 fully saturated rings. The Kier molecular flexibility index (Phi) is 5.47. The fraction of sp³-hybridized carbons (Fsp3) is 0.0800. The highest BCUT2D eigenvalue weighted by molar-refractivity contribution is 5.88. The van der Waals surface area contributed by atoms with Crippen LogP contribution in [0.3, 0.4) is 0 Å². The third-order valence-electron chi connectivity index (χ3n) is 4.91. The van der Waals surface area contributed by atoms with Crippen molar-refractivity contribution >= 4 is 16.7 Å². The molecule has 0 bridgehead atoms. The first-order chi connectivity index (χ1) is 16.2. The molecule has 0 aliphatic carbocycles.